The second-order valence-electron chi connectivity index (χ2n) is 4.59. The third kappa shape index (κ3) is 3.59. The molecule has 21 heavy (non-hydrogen) atoms. The van der Waals surface area contributed by atoms with Crippen LogP contribution in [0.2, 0.25) is 5.02 Å². The van der Waals surface area contributed by atoms with Crippen LogP contribution in [0.25, 0.3) is 0 Å². The lowest BCUT2D eigenvalue weighted by atomic mass is 10.2. The van der Waals surface area contributed by atoms with Gasteiger partial charge in [0.25, 0.3) is 0 Å². The van der Waals surface area contributed by atoms with Crippen molar-refractivity contribution in [1.82, 2.24) is 9.78 Å². The minimum absolute atomic E-state index is 0.0337. The molecule has 0 unspecified atom stereocenters. The van der Waals surface area contributed by atoms with Gasteiger partial charge in [-0.1, -0.05) is 24.6 Å². The molecule has 2 rings (SSSR count). The highest BCUT2D eigenvalue weighted by Gasteiger charge is 2.15. The highest BCUT2D eigenvalue weighted by molar-refractivity contribution is 9.10. The first-order valence-electron chi connectivity index (χ1n) is 6.86. The zero-order valence-corrected chi connectivity index (χ0v) is 14.4. The molecule has 0 spiro atoms. The number of halogens is 2. The lowest BCUT2D eigenvalue weighted by molar-refractivity contribution is 0.279. The van der Waals surface area contributed by atoms with Gasteiger partial charge >= 0.3 is 0 Å². The van der Waals surface area contributed by atoms with Crippen LogP contribution in [0.15, 0.2) is 22.7 Å². The van der Waals surface area contributed by atoms with E-state index in [1.54, 1.807) is 18.2 Å². The largest absolute Gasteiger partial charge is 0.486 e. The van der Waals surface area contributed by atoms with Gasteiger partial charge < -0.3 is 9.84 Å². The minimum Gasteiger partial charge on any atom is -0.486 e. The van der Waals surface area contributed by atoms with Gasteiger partial charge in [0.05, 0.1) is 27.5 Å². The third-order valence-corrected chi connectivity index (χ3v) is 4.45. The molecule has 0 aliphatic carbocycles. The maximum Gasteiger partial charge on any atom is 0.138 e. The summed E-state index contributed by atoms with van der Waals surface area (Å²) in [5.74, 6) is 0.600. The van der Waals surface area contributed by atoms with E-state index >= 15 is 0 Å². The number of benzene rings is 1. The molecule has 0 aliphatic rings. The van der Waals surface area contributed by atoms with E-state index in [1.165, 1.54) is 0 Å². The Morgan fingerprint density at radius 1 is 1.38 bits per heavy atom. The zero-order chi connectivity index (χ0) is 15.4. The fraction of sp³-hybridized carbons (Fsp3) is 0.400. The van der Waals surface area contributed by atoms with E-state index in [1.807, 2.05) is 11.6 Å². The van der Waals surface area contributed by atoms with E-state index in [-0.39, 0.29) is 6.61 Å². The standard InChI is InChI=1S/C15H18BrClN2O2/c1-3-12-15(16)13(19(4-2)18-12)9-21-14-6-5-10(8-20)7-11(14)17/h5-7,20H,3-4,8-9H2,1-2H3. The van der Waals surface area contributed by atoms with Crippen LogP contribution in [0.4, 0.5) is 0 Å². The van der Waals surface area contributed by atoms with Crippen LogP contribution in [0.5, 0.6) is 5.75 Å². The van der Waals surface area contributed by atoms with E-state index < -0.39 is 0 Å². The summed E-state index contributed by atoms with van der Waals surface area (Å²) >= 11 is 9.74. The monoisotopic (exact) mass is 372 g/mol. The quantitative estimate of drug-likeness (QED) is 0.834. The zero-order valence-electron chi connectivity index (χ0n) is 12.1. The summed E-state index contributed by atoms with van der Waals surface area (Å²) < 4.78 is 8.72. The second kappa shape index (κ2) is 7.29. The predicted octanol–water partition coefficient (Wildman–Crippen LogP) is 3.95. The lowest BCUT2D eigenvalue weighted by Crippen LogP contribution is -2.07. The summed E-state index contributed by atoms with van der Waals surface area (Å²) in [5.41, 5.74) is 2.79. The average Bonchev–Trinajstić information content (AvgIpc) is 2.81. The van der Waals surface area contributed by atoms with Crippen LogP contribution in [-0.4, -0.2) is 14.9 Å². The summed E-state index contributed by atoms with van der Waals surface area (Å²) in [6, 6.07) is 5.28. The molecule has 2 aromatic rings. The first kappa shape index (κ1) is 16.3. The molecule has 1 aromatic heterocycles. The van der Waals surface area contributed by atoms with Crippen LogP contribution >= 0.6 is 27.5 Å². The van der Waals surface area contributed by atoms with Crippen molar-refractivity contribution in [2.75, 3.05) is 0 Å². The van der Waals surface area contributed by atoms with Gasteiger partial charge in [-0.25, -0.2) is 0 Å². The smallest absolute Gasteiger partial charge is 0.138 e. The van der Waals surface area contributed by atoms with E-state index in [0.29, 0.717) is 17.4 Å². The van der Waals surface area contributed by atoms with Gasteiger partial charge in [-0.05, 0) is 47.0 Å². The topological polar surface area (TPSA) is 47.3 Å². The summed E-state index contributed by atoms with van der Waals surface area (Å²) in [6.07, 6.45) is 0.868. The Morgan fingerprint density at radius 3 is 2.71 bits per heavy atom. The Morgan fingerprint density at radius 2 is 2.14 bits per heavy atom. The van der Waals surface area contributed by atoms with Gasteiger partial charge in [0, 0.05) is 6.54 Å². The molecular weight excluding hydrogens is 356 g/mol. The number of aliphatic hydroxyl groups is 1. The lowest BCUT2D eigenvalue weighted by Gasteiger charge is -2.10. The average molecular weight is 374 g/mol. The molecule has 4 nitrogen and oxygen atoms in total. The molecular formula is C15H18BrClN2O2. The minimum atomic E-state index is -0.0337. The Bertz CT molecular complexity index is 628. The van der Waals surface area contributed by atoms with Gasteiger partial charge in [-0.3, -0.25) is 4.68 Å². The number of nitrogens with zero attached hydrogens (tertiary/aromatic N) is 2. The molecule has 0 saturated carbocycles. The number of hydrogen-bond donors (Lipinski definition) is 1. The van der Waals surface area contributed by atoms with Crippen LogP contribution < -0.4 is 4.74 Å². The number of rotatable bonds is 6. The molecule has 0 fully saturated rings. The molecule has 0 saturated heterocycles. The van der Waals surface area contributed by atoms with Gasteiger partial charge in [-0.2, -0.15) is 5.10 Å². The molecule has 1 aromatic carbocycles. The van der Waals surface area contributed by atoms with Crippen molar-refractivity contribution in [2.45, 2.75) is 40.0 Å². The molecule has 0 bridgehead atoms. The Kier molecular flexibility index (Phi) is 5.67. The molecule has 114 valence electrons. The summed E-state index contributed by atoms with van der Waals surface area (Å²) in [7, 11) is 0. The SMILES string of the molecule is CCc1nn(CC)c(COc2ccc(CO)cc2Cl)c1Br. The maximum atomic E-state index is 9.08. The maximum absolute atomic E-state index is 9.08. The summed E-state index contributed by atoms with van der Waals surface area (Å²) in [5, 5.41) is 14.1. The third-order valence-electron chi connectivity index (χ3n) is 3.24. The van der Waals surface area contributed by atoms with Gasteiger partial charge in [0.2, 0.25) is 0 Å². The summed E-state index contributed by atoms with van der Waals surface area (Å²) in [6.45, 7) is 5.26. The molecule has 0 radical (unpaired) electrons. The first-order chi connectivity index (χ1) is 10.1. The fourth-order valence-electron chi connectivity index (χ4n) is 2.06. The van der Waals surface area contributed by atoms with E-state index in [2.05, 4.69) is 28.0 Å². The van der Waals surface area contributed by atoms with Crippen molar-refractivity contribution in [3.05, 3.63) is 44.6 Å². The van der Waals surface area contributed by atoms with Crippen LogP contribution in [-0.2, 0) is 26.2 Å². The number of aryl methyl sites for hydroxylation is 2. The van der Waals surface area contributed by atoms with Gasteiger partial charge in [0.15, 0.2) is 0 Å². The van der Waals surface area contributed by atoms with Gasteiger partial charge in [0.1, 0.15) is 12.4 Å². The number of aliphatic hydroxyl groups excluding tert-OH is 1. The number of hydrogen-bond acceptors (Lipinski definition) is 3. The van der Waals surface area contributed by atoms with E-state index in [9.17, 15) is 0 Å². The van der Waals surface area contributed by atoms with Crippen LogP contribution in [0.1, 0.15) is 30.8 Å². The normalized spacial score (nSPS) is 10.9. The van der Waals surface area contributed by atoms with Crippen molar-refractivity contribution < 1.29 is 9.84 Å². The number of ether oxygens (including phenoxy) is 1. The second-order valence-corrected chi connectivity index (χ2v) is 5.79. The van der Waals surface area contributed by atoms with E-state index in [0.717, 1.165) is 34.4 Å². The van der Waals surface area contributed by atoms with E-state index in [4.69, 9.17) is 21.4 Å². The van der Waals surface area contributed by atoms with Crippen LogP contribution in [0.3, 0.4) is 0 Å². The molecule has 0 atom stereocenters. The van der Waals surface area contributed by atoms with Gasteiger partial charge in [-0.15, -0.1) is 0 Å². The molecule has 6 heteroatoms. The molecule has 1 N–H and O–H groups in total. The van der Waals surface area contributed by atoms with Crippen molar-refractivity contribution >= 4 is 27.5 Å². The molecule has 0 aliphatic heterocycles. The highest BCUT2D eigenvalue weighted by atomic mass is 79.9. The Hall–Kier alpha value is -1.04. The number of aromatic nitrogens is 2. The van der Waals surface area contributed by atoms with Crippen LogP contribution in [0, 0.1) is 0 Å². The predicted molar refractivity (Wildman–Crippen MR) is 86.7 cm³/mol. The summed E-state index contributed by atoms with van der Waals surface area (Å²) in [4.78, 5) is 0. The Balaban J connectivity index is 2.18. The van der Waals surface area contributed by atoms with Crippen molar-refractivity contribution in [2.24, 2.45) is 0 Å². The van der Waals surface area contributed by atoms with Crippen molar-refractivity contribution in [1.29, 1.82) is 0 Å². The first-order valence-corrected chi connectivity index (χ1v) is 8.03. The Labute approximate surface area is 137 Å². The molecule has 0 amide bonds. The molecule has 1 heterocycles. The van der Waals surface area contributed by atoms with Crippen molar-refractivity contribution in [3.63, 3.8) is 0 Å². The fourth-order valence-corrected chi connectivity index (χ4v) is 3.00. The van der Waals surface area contributed by atoms with Crippen molar-refractivity contribution in [3.8, 4) is 5.75 Å². The highest BCUT2D eigenvalue weighted by Crippen LogP contribution is 2.28.